The highest BCUT2D eigenvalue weighted by molar-refractivity contribution is 6.09. The molecule has 0 unspecified atom stereocenters. The molecular weight excluding hydrogens is 404 g/mol. The Labute approximate surface area is 188 Å². The maximum Gasteiger partial charge on any atom is 0.255 e. The first-order valence-corrected chi connectivity index (χ1v) is 10.6. The van der Waals surface area contributed by atoms with Crippen molar-refractivity contribution >= 4 is 17.5 Å². The molecule has 0 aliphatic carbocycles. The first-order chi connectivity index (χ1) is 15.7. The van der Waals surface area contributed by atoms with E-state index in [1.54, 1.807) is 49.6 Å². The van der Waals surface area contributed by atoms with Crippen molar-refractivity contribution in [3.63, 3.8) is 0 Å². The Morgan fingerprint density at radius 2 is 1.62 bits per heavy atom. The zero-order valence-electron chi connectivity index (χ0n) is 18.2. The summed E-state index contributed by atoms with van der Waals surface area (Å²) >= 11 is 0. The highest BCUT2D eigenvalue weighted by Crippen LogP contribution is 2.19. The van der Waals surface area contributed by atoms with Crippen LogP contribution in [0.5, 0.6) is 5.75 Å². The SMILES string of the molecule is COCCCNC(=O)c1ccccc1NC(=O)c1cccc(OCCc2ccccc2)c1. The average Bonchev–Trinajstić information content (AvgIpc) is 2.83. The van der Waals surface area contributed by atoms with E-state index < -0.39 is 0 Å². The van der Waals surface area contributed by atoms with Gasteiger partial charge in [0.05, 0.1) is 17.9 Å². The molecule has 0 aliphatic rings. The van der Waals surface area contributed by atoms with Crippen molar-refractivity contribution in [2.75, 3.05) is 32.2 Å². The Bertz CT molecular complexity index is 1020. The molecule has 0 radical (unpaired) electrons. The normalized spacial score (nSPS) is 10.4. The van der Waals surface area contributed by atoms with E-state index in [4.69, 9.17) is 9.47 Å². The minimum absolute atomic E-state index is 0.241. The van der Waals surface area contributed by atoms with Crippen molar-refractivity contribution in [1.82, 2.24) is 5.32 Å². The van der Waals surface area contributed by atoms with Crippen molar-refractivity contribution in [1.29, 1.82) is 0 Å². The predicted octanol–water partition coefficient (Wildman–Crippen LogP) is 4.33. The second kappa shape index (κ2) is 12.3. The van der Waals surface area contributed by atoms with Crippen molar-refractivity contribution in [3.8, 4) is 5.75 Å². The molecule has 0 aromatic heterocycles. The van der Waals surface area contributed by atoms with Gasteiger partial charge in [0.1, 0.15) is 5.75 Å². The van der Waals surface area contributed by atoms with E-state index in [0.29, 0.717) is 48.7 Å². The van der Waals surface area contributed by atoms with Gasteiger partial charge in [-0.3, -0.25) is 9.59 Å². The summed E-state index contributed by atoms with van der Waals surface area (Å²) in [4.78, 5) is 25.3. The van der Waals surface area contributed by atoms with E-state index in [1.165, 1.54) is 5.56 Å². The van der Waals surface area contributed by atoms with Crippen LogP contribution in [-0.2, 0) is 11.2 Å². The van der Waals surface area contributed by atoms with Crippen molar-refractivity contribution < 1.29 is 19.1 Å². The summed E-state index contributed by atoms with van der Waals surface area (Å²) in [6.45, 7) is 1.58. The van der Waals surface area contributed by atoms with Crippen molar-refractivity contribution in [3.05, 3.63) is 95.6 Å². The van der Waals surface area contributed by atoms with Gasteiger partial charge in [0.25, 0.3) is 11.8 Å². The van der Waals surface area contributed by atoms with Crippen LogP contribution >= 0.6 is 0 Å². The zero-order valence-corrected chi connectivity index (χ0v) is 18.2. The van der Waals surface area contributed by atoms with Gasteiger partial charge >= 0.3 is 0 Å². The molecule has 0 heterocycles. The topological polar surface area (TPSA) is 76.7 Å². The van der Waals surface area contributed by atoms with Gasteiger partial charge in [-0.1, -0.05) is 48.5 Å². The van der Waals surface area contributed by atoms with Gasteiger partial charge in [-0.15, -0.1) is 0 Å². The molecule has 0 spiro atoms. The number of ether oxygens (including phenoxy) is 2. The molecule has 0 saturated heterocycles. The van der Waals surface area contributed by atoms with Crippen LogP contribution in [0.3, 0.4) is 0 Å². The summed E-state index contributed by atoms with van der Waals surface area (Å²) in [6.07, 6.45) is 1.50. The van der Waals surface area contributed by atoms with Crippen molar-refractivity contribution in [2.45, 2.75) is 12.8 Å². The van der Waals surface area contributed by atoms with E-state index in [9.17, 15) is 9.59 Å². The van der Waals surface area contributed by atoms with Gasteiger partial charge in [0.15, 0.2) is 0 Å². The molecule has 2 N–H and O–H groups in total. The number of benzene rings is 3. The number of carbonyl (C=O) groups excluding carboxylic acids is 2. The second-order valence-electron chi connectivity index (χ2n) is 7.21. The Balaban J connectivity index is 1.60. The van der Waals surface area contributed by atoms with E-state index in [-0.39, 0.29) is 11.8 Å². The quantitative estimate of drug-likeness (QED) is 0.442. The molecule has 6 heteroatoms. The first kappa shape index (κ1) is 23.0. The molecule has 3 rings (SSSR count). The maximum absolute atomic E-state index is 12.8. The number of hydrogen-bond donors (Lipinski definition) is 2. The molecule has 3 aromatic rings. The lowest BCUT2D eigenvalue weighted by molar-refractivity contribution is 0.0949. The number of para-hydroxylation sites is 1. The molecule has 0 fully saturated rings. The van der Waals surface area contributed by atoms with Crippen LogP contribution in [0, 0.1) is 0 Å². The molecule has 166 valence electrons. The van der Waals surface area contributed by atoms with Crippen LogP contribution in [0.2, 0.25) is 0 Å². The third-order valence-electron chi connectivity index (χ3n) is 4.83. The Morgan fingerprint density at radius 1 is 0.844 bits per heavy atom. The minimum atomic E-state index is -0.307. The van der Waals surface area contributed by atoms with Crippen LogP contribution in [0.25, 0.3) is 0 Å². The Morgan fingerprint density at radius 3 is 2.44 bits per heavy atom. The number of nitrogens with one attached hydrogen (secondary N) is 2. The fourth-order valence-corrected chi connectivity index (χ4v) is 3.16. The van der Waals surface area contributed by atoms with E-state index in [1.807, 2.05) is 24.3 Å². The molecule has 2 amide bonds. The number of carbonyl (C=O) groups is 2. The van der Waals surface area contributed by atoms with Crippen LogP contribution < -0.4 is 15.4 Å². The third kappa shape index (κ3) is 6.96. The molecular formula is C26H28N2O4. The fraction of sp³-hybridized carbons (Fsp3) is 0.231. The summed E-state index contributed by atoms with van der Waals surface area (Å²) in [7, 11) is 1.62. The number of methoxy groups -OCH3 is 1. The van der Waals surface area contributed by atoms with Crippen LogP contribution in [-0.4, -0.2) is 38.7 Å². The molecule has 32 heavy (non-hydrogen) atoms. The summed E-state index contributed by atoms with van der Waals surface area (Å²) < 4.78 is 10.8. The Kier molecular flexibility index (Phi) is 8.83. The van der Waals surface area contributed by atoms with Gasteiger partial charge in [0, 0.05) is 32.2 Å². The lowest BCUT2D eigenvalue weighted by Crippen LogP contribution is -2.26. The number of hydrogen-bond acceptors (Lipinski definition) is 4. The minimum Gasteiger partial charge on any atom is -0.493 e. The van der Waals surface area contributed by atoms with Crippen molar-refractivity contribution in [2.24, 2.45) is 0 Å². The molecule has 3 aromatic carbocycles. The summed E-state index contributed by atoms with van der Waals surface area (Å²) in [5, 5.41) is 5.68. The summed E-state index contributed by atoms with van der Waals surface area (Å²) in [6, 6.07) is 24.0. The first-order valence-electron chi connectivity index (χ1n) is 10.6. The number of amides is 2. The second-order valence-corrected chi connectivity index (χ2v) is 7.21. The zero-order chi connectivity index (χ0) is 22.6. The Hall–Kier alpha value is -3.64. The smallest absolute Gasteiger partial charge is 0.255 e. The van der Waals surface area contributed by atoms with Gasteiger partial charge in [-0.05, 0) is 42.3 Å². The standard InChI is InChI=1S/C26H28N2O4/c1-31-17-8-16-27-26(30)23-13-5-6-14-24(23)28-25(29)21-11-7-12-22(19-21)32-18-15-20-9-3-2-4-10-20/h2-7,9-14,19H,8,15-18H2,1H3,(H,27,30)(H,28,29). The monoisotopic (exact) mass is 432 g/mol. The lowest BCUT2D eigenvalue weighted by Gasteiger charge is -2.12. The molecule has 0 saturated carbocycles. The van der Waals surface area contributed by atoms with Crippen LogP contribution in [0.1, 0.15) is 32.7 Å². The molecule has 0 bridgehead atoms. The number of anilines is 1. The van der Waals surface area contributed by atoms with E-state index >= 15 is 0 Å². The lowest BCUT2D eigenvalue weighted by atomic mass is 10.1. The third-order valence-corrected chi connectivity index (χ3v) is 4.83. The predicted molar refractivity (Wildman–Crippen MR) is 125 cm³/mol. The van der Waals surface area contributed by atoms with Gasteiger partial charge in [-0.25, -0.2) is 0 Å². The van der Waals surface area contributed by atoms with E-state index in [0.717, 1.165) is 6.42 Å². The summed E-state index contributed by atoms with van der Waals surface area (Å²) in [5.41, 5.74) is 2.52. The van der Waals surface area contributed by atoms with Crippen LogP contribution in [0.15, 0.2) is 78.9 Å². The highest BCUT2D eigenvalue weighted by atomic mass is 16.5. The van der Waals surface area contributed by atoms with Gasteiger partial charge in [0.2, 0.25) is 0 Å². The highest BCUT2D eigenvalue weighted by Gasteiger charge is 2.14. The largest absolute Gasteiger partial charge is 0.493 e. The summed E-state index contributed by atoms with van der Waals surface area (Å²) in [5.74, 6) is 0.0749. The van der Waals surface area contributed by atoms with E-state index in [2.05, 4.69) is 22.8 Å². The molecule has 0 aliphatic heterocycles. The fourth-order valence-electron chi connectivity index (χ4n) is 3.16. The maximum atomic E-state index is 12.8. The van der Waals surface area contributed by atoms with Crippen LogP contribution in [0.4, 0.5) is 5.69 Å². The molecule has 0 atom stereocenters. The van der Waals surface area contributed by atoms with Gasteiger partial charge < -0.3 is 20.1 Å². The molecule has 6 nitrogen and oxygen atoms in total. The number of rotatable bonds is 11. The van der Waals surface area contributed by atoms with Gasteiger partial charge in [-0.2, -0.15) is 0 Å². The average molecular weight is 433 g/mol.